The topological polar surface area (TPSA) is 80.2 Å². The molecule has 0 spiro atoms. The van der Waals surface area contributed by atoms with E-state index in [-0.39, 0.29) is 16.8 Å². The smallest absolute Gasteiger partial charge is 0.275 e. The average Bonchev–Trinajstić information content (AvgIpc) is 3.23. The summed E-state index contributed by atoms with van der Waals surface area (Å²) < 4.78 is 32.2. The van der Waals surface area contributed by atoms with E-state index in [0.29, 0.717) is 38.5 Å². The van der Waals surface area contributed by atoms with Gasteiger partial charge in [0.25, 0.3) is 5.91 Å². The number of benzene rings is 1. The number of methoxy groups -OCH3 is 1. The largest absolute Gasteiger partial charge is 0.497 e. The minimum atomic E-state index is -3.52. The van der Waals surface area contributed by atoms with Gasteiger partial charge >= 0.3 is 0 Å². The highest BCUT2D eigenvalue weighted by Crippen LogP contribution is 2.19. The van der Waals surface area contributed by atoms with Crippen molar-refractivity contribution in [3.63, 3.8) is 0 Å². The Balaban J connectivity index is 1.51. The molecule has 0 radical (unpaired) electrons. The monoisotopic (exact) mass is 424 g/mol. The van der Waals surface area contributed by atoms with Gasteiger partial charge in [0, 0.05) is 4.88 Å². The van der Waals surface area contributed by atoms with Gasteiger partial charge in [0.05, 0.1) is 44.2 Å². The van der Waals surface area contributed by atoms with Gasteiger partial charge in [0.1, 0.15) is 5.75 Å². The quantitative estimate of drug-likeness (QED) is 0.679. The summed E-state index contributed by atoms with van der Waals surface area (Å²) in [5, 5.41) is 5.01. The number of amides is 1. The molecule has 2 heterocycles. The van der Waals surface area contributed by atoms with Gasteiger partial charge in [0.2, 0.25) is 10.0 Å². The second-order valence-electron chi connectivity index (χ2n) is 6.81. The molecule has 1 saturated heterocycles. The van der Waals surface area contributed by atoms with Crippen LogP contribution in [0.4, 0.5) is 0 Å². The third-order valence-corrected chi connectivity index (χ3v) is 7.85. The number of sulfonamides is 1. The average molecular weight is 425 g/mol. The summed E-state index contributed by atoms with van der Waals surface area (Å²) in [7, 11) is -1.98. The maximum Gasteiger partial charge on any atom is 0.275 e. The number of rotatable bonds is 7. The molecule has 1 fully saturated rings. The predicted octanol–water partition coefficient (Wildman–Crippen LogP) is 0.523. The number of ether oxygens (including phenoxy) is 1. The molecule has 0 aliphatic carbocycles. The van der Waals surface area contributed by atoms with E-state index in [1.165, 1.54) is 4.31 Å². The second kappa shape index (κ2) is 9.04. The summed E-state index contributed by atoms with van der Waals surface area (Å²) in [4.78, 5) is 14.8. The van der Waals surface area contributed by atoms with Gasteiger partial charge < -0.3 is 15.0 Å². The Morgan fingerprint density at radius 1 is 1.25 bits per heavy atom. The molecule has 1 aromatic heterocycles. The lowest BCUT2D eigenvalue weighted by Gasteiger charge is -2.31. The van der Waals surface area contributed by atoms with Crippen molar-refractivity contribution in [1.29, 1.82) is 0 Å². The summed E-state index contributed by atoms with van der Waals surface area (Å²) in [6, 6.07) is 10.4. The normalized spacial score (nSPS) is 17.2. The first kappa shape index (κ1) is 20.8. The van der Waals surface area contributed by atoms with Crippen molar-refractivity contribution in [2.75, 3.05) is 39.8 Å². The van der Waals surface area contributed by atoms with Gasteiger partial charge in [-0.05, 0) is 42.6 Å². The molecule has 1 aliphatic rings. The maximum atomic E-state index is 12.8. The third-order valence-electron chi connectivity index (χ3n) is 4.88. The Morgan fingerprint density at radius 2 is 1.93 bits per heavy atom. The first-order chi connectivity index (χ1) is 13.4. The lowest BCUT2D eigenvalue weighted by atomic mass is 10.2. The molecule has 0 bridgehead atoms. The number of carbonyl (C=O) groups is 1. The summed E-state index contributed by atoms with van der Waals surface area (Å²) in [6.45, 7) is 4.34. The molecule has 1 amide bonds. The Morgan fingerprint density at radius 3 is 2.50 bits per heavy atom. The van der Waals surface area contributed by atoms with Crippen LogP contribution in [-0.4, -0.2) is 58.5 Å². The highest BCUT2D eigenvalue weighted by Gasteiger charge is 2.31. The van der Waals surface area contributed by atoms with Crippen LogP contribution in [0.15, 0.2) is 46.7 Å². The fourth-order valence-corrected chi connectivity index (χ4v) is 5.42. The van der Waals surface area contributed by atoms with Crippen molar-refractivity contribution in [3.8, 4) is 5.75 Å². The molecule has 1 atom stereocenters. The summed E-state index contributed by atoms with van der Waals surface area (Å²) in [6.07, 6.45) is 0. The van der Waals surface area contributed by atoms with Crippen LogP contribution in [0.3, 0.4) is 0 Å². The zero-order chi connectivity index (χ0) is 20.1. The number of hydrogen-bond acceptors (Lipinski definition) is 5. The van der Waals surface area contributed by atoms with Crippen molar-refractivity contribution in [2.24, 2.45) is 0 Å². The molecule has 0 saturated carbocycles. The first-order valence-corrected chi connectivity index (χ1v) is 11.5. The van der Waals surface area contributed by atoms with Crippen molar-refractivity contribution < 1.29 is 22.8 Å². The van der Waals surface area contributed by atoms with E-state index < -0.39 is 10.0 Å². The number of hydrogen-bond donors (Lipinski definition) is 2. The lowest BCUT2D eigenvalue weighted by molar-refractivity contribution is -0.895. The number of piperazine rings is 1. The van der Waals surface area contributed by atoms with Crippen LogP contribution in [-0.2, 0) is 14.8 Å². The molecule has 1 aliphatic heterocycles. The highest BCUT2D eigenvalue weighted by atomic mass is 32.2. The molecule has 0 unspecified atom stereocenters. The van der Waals surface area contributed by atoms with Crippen LogP contribution in [0.5, 0.6) is 5.75 Å². The van der Waals surface area contributed by atoms with Gasteiger partial charge in [0.15, 0.2) is 6.54 Å². The highest BCUT2D eigenvalue weighted by molar-refractivity contribution is 7.89. The molecule has 9 heteroatoms. The molecule has 28 heavy (non-hydrogen) atoms. The summed E-state index contributed by atoms with van der Waals surface area (Å²) in [5.41, 5.74) is 0. The molecule has 7 nitrogen and oxygen atoms in total. The fraction of sp³-hybridized carbons (Fsp3) is 0.421. The van der Waals surface area contributed by atoms with E-state index in [2.05, 4.69) is 5.32 Å². The standard InChI is InChI=1S/C19H25N3O4S2/c1-15(18-4-3-13-27-18)20-19(23)14-21-9-11-22(12-10-21)28(24,25)17-7-5-16(26-2)6-8-17/h3-8,13,15H,9-12,14H2,1-2H3,(H,20,23)/p+1/t15-/m0/s1. The zero-order valence-corrected chi connectivity index (χ0v) is 17.7. The third kappa shape index (κ3) is 4.91. The van der Waals surface area contributed by atoms with E-state index in [9.17, 15) is 13.2 Å². The van der Waals surface area contributed by atoms with Gasteiger partial charge in [-0.1, -0.05) is 6.07 Å². The van der Waals surface area contributed by atoms with Crippen LogP contribution >= 0.6 is 11.3 Å². The van der Waals surface area contributed by atoms with Crippen LogP contribution in [0.25, 0.3) is 0 Å². The van der Waals surface area contributed by atoms with Crippen molar-refractivity contribution in [3.05, 3.63) is 46.7 Å². The zero-order valence-electron chi connectivity index (χ0n) is 16.1. The molecule has 2 aromatic rings. The van der Waals surface area contributed by atoms with Crippen LogP contribution in [0, 0.1) is 0 Å². The number of thiophene rings is 1. The molecule has 3 rings (SSSR count). The lowest BCUT2D eigenvalue weighted by Crippen LogP contribution is -3.15. The van der Waals surface area contributed by atoms with Crippen molar-refractivity contribution in [2.45, 2.75) is 17.9 Å². The van der Waals surface area contributed by atoms with Gasteiger partial charge in [-0.2, -0.15) is 4.31 Å². The van der Waals surface area contributed by atoms with E-state index in [4.69, 9.17) is 4.74 Å². The number of nitrogens with one attached hydrogen (secondary N) is 2. The number of quaternary nitrogens is 1. The van der Waals surface area contributed by atoms with E-state index in [1.54, 1.807) is 42.7 Å². The Labute approximate surface area is 170 Å². The van der Waals surface area contributed by atoms with Gasteiger partial charge in [-0.3, -0.25) is 4.79 Å². The molecule has 152 valence electrons. The fourth-order valence-electron chi connectivity index (χ4n) is 3.24. The van der Waals surface area contributed by atoms with E-state index in [0.717, 1.165) is 9.78 Å². The van der Waals surface area contributed by atoms with Crippen LogP contribution in [0.1, 0.15) is 17.8 Å². The van der Waals surface area contributed by atoms with Gasteiger partial charge in [-0.15, -0.1) is 11.3 Å². The summed E-state index contributed by atoms with van der Waals surface area (Å²) in [5.74, 6) is 0.610. The van der Waals surface area contributed by atoms with Crippen molar-refractivity contribution >= 4 is 27.3 Å². The molecular weight excluding hydrogens is 398 g/mol. The van der Waals surface area contributed by atoms with Gasteiger partial charge in [-0.25, -0.2) is 8.42 Å². The number of nitrogens with zero attached hydrogens (tertiary/aromatic N) is 1. The van der Waals surface area contributed by atoms with Crippen LogP contribution in [0.2, 0.25) is 0 Å². The number of carbonyl (C=O) groups excluding carboxylic acids is 1. The molecule has 2 N–H and O–H groups in total. The molecule has 1 aromatic carbocycles. The minimum Gasteiger partial charge on any atom is -0.497 e. The summed E-state index contributed by atoms with van der Waals surface area (Å²) >= 11 is 1.62. The Bertz CT molecular complexity index is 874. The Kier molecular flexibility index (Phi) is 6.71. The van der Waals surface area contributed by atoms with E-state index >= 15 is 0 Å². The maximum absolute atomic E-state index is 12.8. The first-order valence-electron chi connectivity index (χ1n) is 9.20. The van der Waals surface area contributed by atoms with Crippen molar-refractivity contribution in [1.82, 2.24) is 9.62 Å². The van der Waals surface area contributed by atoms with E-state index in [1.807, 2.05) is 24.4 Å². The SMILES string of the molecule is COc1ccc(S(=O)(=O)N2CC[NH+](CC(=O)N[C@@H](C)c3cccs3)CC2)cc1. The second-order valence-corrected chi connectivity index (χ2v) is 9.73. The Hall–Kier alpha value is -1.94. The van der Waals surface area contributed by atoms with Crippen LogP contribution < -0.4 is 15.0 Å². The minimum absolute atomic E-state index is 0.0105. The molecular formula is C19H26N3O4S2+. The predicted molar refractivity (Wildman–Crippen MR) is 108 cm³/mol.